The molecule has 0 N–H and O–H groups in total. The van der Waals surface area contributed by atoms with E-state index in [0.717, 1.165) is 45.4 Å². The van der Waals surface area contributed by atoms with Gasteiger partial charge in [-0.1, -0.05) is 6.92 Å². The van der Waals surface area contributed by atoms with Crippen LogP contribution in [0.4, 0.5) is 0 Å². The molecule has 2 atom stereocenters. The summed E-state index contributed by atoms with van der Waals surface area (Å²) in [5.41, 5.74) is 0. The Morgan fingerprint density at radius 3 is 3.07 bits per heavy atom. The van der Waals surface area contributed by atoms with E-state index >= 15 is 0 Å². The van der Waals surface area contributed by atoms with Gasteiger partial charge in [-0.25, -0.2) is 0 Å². The molecule has 0 bridgehead atoms. The molecule has 0 aromatic heterocycles. The fraction of sp³-hybridized carbons (Fsp3) is 0.909. The second-order valence-corrected chi connectivity index (χ2v) is 4.25. The summed E-state index contributed by atoms with van der Waals surface area (Å²) in [6.07, 6.45) is 4.02. The van der Waals surface area contributed by atoms with Crippen molar-refractivity contribution in [2.45, 2.75) is 44.7 Å². The zero-order valence-corrected chi connectivity index (χ0v) is 8.87. The summed E-state index contributed by atoms with van der Waals surface area (Å²) in [5, 5.41) is 0. The van der Waals surface area contributed by atoms with Gasteiger partial charge in [-0.3, -0.25) is 9.69 Å². The van der Waals surface area contributed by atoms with Crippen LogP contribution in [0.3, 0.4) is 0 Å². The van der Waals surface area contributed by atoms with Crippen LogP contribution in [0.5, 0.6) is 0 Å². The molecule has 0 radical (unpaired) electrons. The number of ether oxygens (including phenoxy) is 1. The standard InChI is InChI=1S/C11H19NO2/c1-2-9-8-14-7-6-12(9)10-4-3-5-11(10)13/h9-10H,2-8H2,1H3. The Morgan fingerprint density at radius 2 is 2.43 bits per heavy atom. The average Bonchev–Trinajstić information content (AvgIpc) is 2.64. The highest BCUT2D eigenvalue weighted by atomic mass is 16.5. The summed E-state index contributed by atoms with van der Waals surface area (Å²) in [6, 6.07) is 0.680. The molecule has 2 aliphatic rings. The van der Waals surface area contributed by atoms with Gasteiger partial charge < -0.3 is 4.74 Å². The van der Waals surface area contributed by atoms with Crippen molar-refractivity contribution in [3.05, 3.63) is 0 Å². The molecule has 2 fully saturated rings. The van der Waals surface area contributed by atoms with Crippen molar-refractivity contribution < 1.29 is 9.53 Å². The van der Waals surface area contributed by atoms with Crippen molar-refractivity contribution in [1.29, 1.82) is 0 Å². The lowest BCUT2D eigenvalue weighted by Crippen LogP contribution is -2.51. The second kappa shape index (κ2) is 4.41. The Bertz CT molecular complexity index is 217. The molecule has 0 amide bonds. The molecule has 1 saturated carbocycles. The van der Waals surface area contributed by atoms with Gasteiger partial charge in [0.05, 0.1) is 19.3 Å². The molecule has 80 valence electrons. The van der Waals surface area contributed by atoms with E-state index in [-0.39, 0.29) is 6.04 Å². The fourth-order valence-corrected chi connectivity index (χ4v) is 2.58. The fourth-order valence-electron chi connectivity index (χ4n) is 2.58. The van der Waals surface area contributed by atoms with E-state index in [4.69, 9.17) is 4.74 Å². The van der Waals surface area contributed by atoms with Gasteiger partial charge in [-0.05, 0) is 19.3 Å². The number of hydrogen-bond acceptors (Lipinski definition) is 3. The summed E-state index contributed by atoms with van der Waals surface area (Å²) in [5.74, 6) is 0.449. The minimum Gasteiger partial charge on any atom is -0.378 e. The first-order chi connectivity index (χ1) is 6.83. The van der Waals surface area contributed by atoms with Crippen LogP contribution >= 0.6 is 0 Å². The van der Waals surface area contributed by atoms with Gasteiger partial charge in [0, 0.05) is 19.0 Å². The maximum atomic E-state index is 11.7. The Morgan fingerprint density at radius 1 is 1.57 bits per heavy atom. The molecule has 2 rings (SSSR count). The van der Waals surface area contributed by atoms with Crippen LogP contribution in [-0.2, 0) is 9.53 Å². The molecule has 3 nitrogen and oxygen atoms in total. The first-order valence-electron chi connectivity index (χ1n) is 5.69. The molecule has 0 spiro atoms. The van der Waals surface area contributed by atoms with Crippen LogP contribution in [0.15, 0.2) is 0 Å². The third-order valence-corrected chi connectivity index (χ3v) is 3.42. The second-order valence-electron chi connectivity index (χ2n) is 4.25. The van der Waals surface area contributed by atoms with Crippen molar-refractivity contribution in [2.75, 3.05) is 19.8 Å². The van der Waals surface area contributed by atoms with E-state index < -0.39 is 0 Å². The molecule has 1 aliphatic heterocycles. The number of Topliss-reactive ketones (excluding diaryl/α,β-unsaturated/α-hetero) is 1. The monoisotopic (exact) mass is 197 g/mol. The minimum absolute atomic E-state index is 0.212. The molecule has 2 unspecified atom stereocenters. The van der Waals surface area contributed by atoms with Crippen molar-refractivity contribution in [1.82, 2.24) is 4.90 Å². The summed E-state index contributed by atoms with van der Waals surface area (Å²) >= 11 is 0. The van der Waals surface area contributed by atoms with E-state index in [9.17, 15) is 4.79 Å². The predicted molar refractivity (Wildman–Crippen MR) is 54.3 cm³/mol. The molecular formula is C11H19NO2. The van der Waals surface area contributed by atoms with E-state index in [1.54, 1.807) is 0 Å². The molecule has 0 aromatic rings. The summed E-state index contributed by atoms with van der Waals surface area (Å²) in [4.78, 5) is 14.0. The van der Waals surface area contributed by atoms with Crippen molar-refractivity contribution in [2.24, 2.45) is 0 Å². The van der Waals surface area contributed by atoms with Gasteiger partial charge >= 0.3 is 0 Å². The van der Waals surface area contributed by atoms with Crippen LogP contribution in [0.2, 0.25) is 0 Å². The largest absolute Gasteiger partial charge is 0.378 e. The Hall–Kier alpha value is -0.410. The van der Waals surface area contributed by atoms with E-state index in [0.29, 0.717) is 11.8 Å². The third kappa shape index (κ3) is 1.84. The summed E-state index contributed by atoms with van der Waals surface area (Å²) < 4.78 is 5.45. The van der Waals surface area contributed by atoms with Gasteiger partial charge in [-0.15, -0.1) is 0 Å². The van der Waals surface area contributed by atoms with Gasteiger partial charge in [0.2, 0.25) is 0 Å². The number of rotatable bonds is 2. The van der Waals surface area contributed by atoms with Gasteiger partial charge in [0.1, 0.15) is 5.78 Å². The Kier molecular flexibility index (Phi) is 3.19. The molecular weight excluding hydrogens is 178 g/mol. The highest BCUT2D eigenvalue weighted by molar-refractivity contribution is 5.85. The SMILES string of the molecule is CCC1COCCN1C1CCCC1=O. The van der Waals surface area contributed by atoms with Crippen LogP contribution in [0.25, 0.3) is 0 Å². The summed E-state index contributed by atoms with van der Waals surface area (Å²) in [7, 11) is 0. The smallest absolute Gasteiger partial charge is 0.149 e. The first kappa shape index (κ1) is 10.1. The van der Waals surface area contributed by atoms with Crippen molar-refractivity contribution >= 4 is 5.78 Å². The van der Waals surface area contributed by atoms with Crippen LogP contribution < -0.4 is 0 Å². The zero-order valence-electron chi connectivity index (χ0n) is 8.87. The lowest BCUT2D eigenvalue weighted by atomic mass is 10.1. The van der Waals surface area contributed by atoms with Crippen LogP contribution in [-0.4, -0.2) is 42.5 Å². The van der Waals surface area contributed by atoms with Crippen molar-refractivity contribution in [3.8, 4) is 0 Å². The molecule has 14 heavy (non-hydrogen) atoms. The van der Waals surface area contributed by atoms with Crippen molar-refractivity contribution in [3.63, 3.8) is 0 Å². The number of morpholine rings is 1. The zero-order chi connectivity index (χ0) is 9.97. The molecule has 3 heteroatoms. The quantitative estimate of drug-likeness (QED) is 0.666. The summed E-state index contributed by atoms with van der Waals surface area (Å²) in [6.45, 7) is 4.71. The highest BCUT2D eigenvalue weighted by Gasteiger charge is 2.35. The number of carbonyl (C=O) groups is 1. The normalized spacial score (nSPS) is 35.1. The maximum absolute atomic E-state index is 11.7. The third-order valence-electron chi connectivity index (χ3n) is 3.42. The maximum Gasteiger partial charge on any atom is 0.149 e. The van der Waals surface area contributed by atoms with E-state index in [1.807, 2.05) is 0 Å². The van der Waals surface area contributed by atoms with E-state index in [1.165, 1.54) is 0 Å². The van der Waals surface area contributed by atoms with Gasteiger partial charge in [0.25, 0.3) is 0 Å². The number of hydrogen-bond donors (Lipinski definition) is 0. The minimum atomic E-state index is 0.212. The number of carbonyl (C=O) groups excluding carboxylic acids is 1. The topological polar surface area (TPSA) is 29.5 Å². The predicted octanol–water partition coefficient (Wildman–Crippen LogP) is 1.22. The lowest BCUT2D eigenvalue weighted by molar-refractivity contribution is -0.125. The van der Waals surface area contributed by atoms with Crippen LogP contribution in [0.1, 0.15) is 32.6 Å². The molecule has 1 heterocycles. The molecule has 1 aliphatic carbocycles. The first-order valence-corrected chi connectivity index (χ1v) is 5.69. The van der Waals surface area contributed by atoms with Crippen LogP contribution in [0, 0.1) is 0 Å². The van der Waals surface area contributed by atoms with Gasteiger partial charge in [-0.2, -0.15) is 0 Å². The molecule has 0 aromatic carbocycles. The number of ketones is 1. The number of nitrogens with zero attached hydrogens (tertiary/aromatic N) is 1. The Balaban J connectivity index is 2.02. The lowest BCUT2D eigenvalue weighted by Gasteiger charge is -2.38. The highest BCUT2D eigenvalue weighted by Crippen LogP contribution is 2.24. The van der Waals surface area contributed by atoms with E-state index in [2.05, 4.69) is 11.8 Å². The average molecular weight is 197 g/mol. The Labute approximate surface area is 85.4 Å². The van der Waals surface area contributed by atoms with Gasteiger partial charge in [0.15, 0.2) is 0 Å². The molecule has 1 saturated heterocycles.